The molecule has 0 spiro atoms. The Morgan fingerprint density at radius 2 is 1.92 bits per heavy atom. The van der Waals surface area contributed by atoms with Crippen molar-refractivity contribution >= 4 is 20.8 Å². The highest BCUT2D eigenvalue weighted by Crippen LogP contribution is 2.26. The van der Waals surface area contributed by atoms with Crippen molar-refractivity contribution in [1.29, 1.82) is 0 Å². The first kappa shape index (κ1) is 20.1. The zero-order valence-corrected chi connectivity index (χ0v) is 16.1. The Morgan fingerprint density at radius 1 is 1.28 bits per heavy atom. The maximum atomic E-state index is 15.2. The molecule has 4 atom stereocenters. The van der Waals surface area contributed by atoms with E-state index in [0.29, 0.717) is 12.8 Å². The summed E-state index contributed by atoms with van der Waals surface area (Å²) in [6, 6.07) is 6.19. The molecule has 0 saturated heterocycles. The van der Waals surface area contributed by atoms with E-state index in [4.69, 9.17) is 4.74 Å². The lowest BCUT2D eigenvalue weighted by atomic mass is 10.1. The molecule has 0 fully saturated rings. The first-order valence-corrected chi connectivity index (χ1v) is 10.7. The lowest BCUT2D eigenvalue weighted by molar-refractivity contribution is 0.0764. The lowest BCUT2D eigenvalue weighted by Crippen LogP contribution is -2.53. The van der Waals surface area contributed by atoms with Crippen LogP contribution in [-0.4, -0.2) is 35.0 Å². The van der Waals surface area contributed by atoms with Gasteiger partial charge in [0.05, 0.1) is 26.9 Å². The van der Waals surface area contributed by atoms with Crippen molar-refractivity contribution in [3.63, 3.8) is 0 Å². The van der Waals surface area contributed by atoms with Gasteiger partial charge in [0.15, 0.2) is 0 Å². The van der Waals surface area contributed by atoms with Crippen molar-refractivity contribution in [1.82, 2.24) is 4.72 Å². The number of nitrogens with one attached hydrogen (secondary N) is 1. The maximum Gasteiger partial charge on any atom is 0.224 e. The SMILES string of the molecule is CC(C)(C)S(=O)N[C@H](C(F)S(=O)(=O)c1ccccc1)[C@@H]1CCC=CO1. The molecule has 0 aliphatic carbocycles. The van der Waals surface area contributed by atoms with Gasteiger partial charge in [-0.1, -0.05) is 18.2 Å². The highest BCUT2D eigenvalue weighted by Gasteiger charge is 2.42. The molecule has 0 bridgehead atoms. The van der Waals surface area contributed by atoms with Gasteiger partial charge in [-0.15, -0.1) is 0 Å². The van der Waals surface area contributed by atoms with Crippen LogP contribution in [0.15, 0.2) is 47.6 Å². The zero-order chi connectivity index (χ0) is 18.7. The molecule has 1 aliphatic rings. The topological polar surface area (TPSA) is 72.5 Å². The van der Waals surface area contributed by atoms with Crippen molar-refractivity contribution in [2.45, 2.75) is 60.9 Å². The molecule has 1 aliphatic heterocycles. The first-order valence-electron chi connectivity index (χ1n) is 8.05. The Hall–Kier alpha value is -1.25. The molecular formula is C17H24FNO4S2. The average Bonchev–Trinajstić information content (AvgIpc) is 2.59. The highest BCUT2D eigenvalue weighted by atomic mass is 32.2. The van der Waals surface area contributed by atoms with Gasteiger partial charge in [-0.3, -0.25) is 0 Å². The summed E-state index contributed by atoms with van der Waals surface area (Å²) in [5.74, 6) is 0. The molecule has 0 aromatic heterocycles. The van der Waals surface area contributed by atoms with Crippen LogP contribution in [0.3, 0.4) is 0 Å². The van der Waals surface area contributed by atoms with Crippen LogP contribution in [0.4, 0.5) is 4.39 Å². The molecule has 1 heterocycles. The summed E-state index contributed by atoms with van der Waals surface area (Å²) < 4.78 is 60.4. The predicted molar refractivity (Wildman–Crippen MR) is 96.6 cm³/mol. The summed E-state index contributed by atoms with van der Waals surface area (Å²) in [5.41, 5.74) is -2.28. The Kier molecular flexibility index (Phi) is 6.40. The van der Waals surface area contributed by atoms with E-state index in [1.165, 1.54) is 30.5 Å². The number of hydrogen-bond donors (Lipinski definition) is 1. The van der Waals surface area contributed by atoms with E-state index in [1.54, 1.807) is 32.9 Å². The number of benzene rings is 1. The van der Waals surface area contributed by atoms with Gasteiger partial charge in [0.25, 0.3) is 0 Å². The van der Waals surface area contributed by atoms with Crippen LogP contribution < -0.4 is 4.72 Å². The third-order valence-electron chi connectivity index (χ3n) is 3.82. The van der Waals surface area contributed by atoms with Crippen LogP contribution in [0.5, 0.6) is 0 Å². The fourth-order valence-corrected chi connectivity index (χ4v) is 4.73. The van der Waals surface area contributed by atoms with Crippen LogP contribution in [0.1, 0.15) is 33.6 Å². The summed E-state index contributed by atoms with van der Waals surface area (Å²) in [7, 11) is -5.89. The van der Waals surface area contributed by atoms with Crippen molar-refractivity contribution < 1.29 is 21.8 Å². The number of sulfone groups is 1. The third kappa shape index (κ3) is 4.89. The fraction of sp³-hybridized carbons (Fsp3) is 0.529. The van der Waals surface area contributed by atoms with E-state index in [9.17, 15) is 12.6 Å². The molecule has 2 unspecified atom stereocenters. The van der Waals surface area contributed by atoms with Crippen LogP contribution in [0.2, 0.25) is 0 Å². The monoisotopic (exact) mass is 389 g/mol. The Morgan fingerprint density at radius 3 is 2.44 bits per heavy atom. The van der Waals surface area contributed by atoms with Gasteiger partial charge in [-0.2, -0.15) is 0 Å². The van der Waals surface area contributed by atoms with Gasteiger partial charge in [-0.05, 0) is 51.8 Å². The van der Waals surface area contributed by atoms with Crippen LogP contribution >= 0.6 is 0 Å². The summed E-state index contributed by atoms with van der Waals surface area (Å²) in [6.45, 7) is 5.19. The molecule has 140 valence electrons. The molecule has 0 saturated carbocycles. The molecule has 8 heteroatoms. The summed E-state index contributed by atoms with van der Waals surface area (Å²) in [6.07, 6.45) is 3.59. The molecule has 1 aromatic rings. The second-order valence-corrected chi connectivity index (χ2v) is 10.9. The summed E-state index contributed by atoms with van der Waals surface area (Å²) in [5, 5.41) is 0. The minimum absolute atomic E-state index is 0.109. The van der Waals surface area contributed by atoms with E-state index in [-0.39, 0.29) is 4.90 Å². The fourth-order valence-electron chi connectivity index (χ4n) is 2.35. The number of ether oxygens (including phenoxy) is 1. The van der Waals surface area contributed by atoms with Crippen molar-refractivity contribution in [3.05, 3.63) is 42.7 Å². The summed E-state index contributed by atoms with van der Waals surface area (Å²) >= 11 is 0. The van der Waals surface area contributed by atoms with Crippen molar-refractivity contribution in [3.8, 4) is 0 Å². The van der Waals surface area contributed by atoms with Gasteiger partial charge in [0.1, 0.15) is 12.1 Å². The number of hydrogen-bond acceptors (Lipinski definition) is 4. The summed E-state index contributed by atoms with van der Waals surface area (Å²) in [4.78, 5) is -0.109. The van der Waals surface area contributed by atoms with E-state index >= 15 is 4.39 Å². The Labute approximate surface area is 151 Å². The number of allylic oxidation sites excluding steroid dienone is 1. The second kappa shape index (κ2) is 7.97. The van der Waals surface area contributed by atoms with Gasteiger partial charge < -0.3 is 4.74 Å². The minimum Gasteiger partial charge on any atom is -0.497 e. The molecule has 25 heavy (non-hydrogen) atoms. The van der Waals surface area contributed by atoms with Gasteiger partial charge in [0.2, 0.25) is 15.3 Å². The molecule has 2 rings (SSSR count). The molecular weight excluding hydrogens is 365 g/mol. The minimum atomic E-state index is -4.25. The number of halogens is 1. The predicted octanol–water partition coefficient (Wildman–Crippen LogP) is 2.87. The largest absolute Gasteiger partial charge is 0.497 e. The third-order valence-corrected chi connectivity index (χ3v) is 7.23. The Balaban J connectivity index is 2.33. The van der Waals surface area contributed by atoms with Gasteiger partial charge >= 0.3 is 0 Å². The molecule has 1 N–H and O–H groups in total. The van der Waals surface area contributed by atoms with E-state index in [0.717, 1.165) is 0 Å². The first-order chi connectivity index (χ1) is 11.6. The van der Waals surface area contributed by atoms with E-state index in [2.05, 4.69) is 4.72 Å². The van der Waals surface area contributed by atoms with Crippen LogP contribution in [0, 0.1) is 0 Å². The maximum absolute atomic E-state index is 15.2. The normalized spacial score (nSPS) is 22.0. The average molecular weight is 390 g/mol. The standard InChI is InChI=1S/C17H24FNO4S2/c1-17(2,3)24(20)19-15(14-11-7-8-12-23-14)16(18)25(21,22)13-9-5-4-6-10-13/h4-6,8-10,12,14-16,19H,7,11H2,1-3H3/t14-,15-,16?,24?/m0/s1. The zero-order valence-electron chi connectivity index (χ0n) is 14.5. The quantitative estimate of drug-likeness (QED) is 0.812. The number of rotatable bonds is 6. The smallest absolute Gasteiger partial charge is 0.224 e. The van der Waals surface area contributed by atoms with E-state index < -0.39 is 43.2 Å². The van der Waals surface area contributed by atoms with Crippen LogP contribution in [0.25, 0.3) is 0 Å². The molecule has 1 aromatic carbocycles. The number of alkyl halides is 1. The Bertz CT molecular complexity index is 729. The second-order valence-electron chi connectivity index (χ2n) is 6.86. The molecule has 0 radical (unpaired) electrons. The highest BCUT2D eigenvalue weighted by molar-refractivity contribution is 7.92. The molecule has 5 nitrogen and oxygen atoms in total. The van der Waals surface area contributed by atoms with E-state index in [1.807, 2.05) is 0 Å². The lowest BCUT2D eigenvalue weighted by Gasteiger charge is -2.32. The molecule has 0 amide bonds. The van der Waals surface area contributed by atoms with Crippen molar-refractivity contribution in [2.24, 2.45) is 0 Å². The van der Waals surface area contributed by atoms with Gasteiger partial charge in [0, 0.05) is 0 Å². The van der Waals surface area contributed by atoms with Crippen molar-refractivity contribution in [2.75, 3.05) is 0 Å². The van der Waals surface area contributed by atoms with Gasteiger partial charge in [-0.25, -0.2) is 21.7 Å². The van der Waals surface area contributed by atoms with Crippen LogP contribution in [-0.2, 0) is 25.6 Å².